The van der Waals surface area contributed by atoms with Gasteiger partial charge in [-0.1, -0.05) is 72.8 Å². The molecule has 1 aromatic carbocycles. The molecule has 4 rings (SSSR count). The minimum Gasteiger partial charge on any atom is -0.367 e. The monoisotopic (exact) mass is 750 g/mol. The Hall–Kier alpha value is -4.06. The van der Waals surface area contributed by atoms with Crippen molar-refractivity contribution in [1.29, 1.82) is 0 Å². The maximum atomic E-state index is 15.1. The van der Waals surface area contributed by atoms with Crippen molar-refractivity contribution >= 4 is 34.8 Å². The van der Waals surface area contributed by atoms with E-state index in [1.54, 1.807) is 32.3 Å². The third-order valence-corrected chi connectivity index (χ3v) is 10.4. The number of rotatable bonds is 20. The van der Waals surface area contributed by atoms with Crippen molar-refractivity contribution in [2.45, 2.75) is 119 Å². The molecule has 1 aliphatic rings. The van der Waals surface area contributed by atoms with E-state index in [1.165, 1.54) is 38.2 Å². The Labute approximate surface area is 324 Å². The van der Waals surface area contributed by atoms with Crippen molar-refractivity contribution in [3.05, 3.63) is 42.1 Å². The van der Waals surface area contributed by atoms with Crippen LogP contribution in [0.25, 0.3) is 11.4 Å². The predicted molar refractivity (Wildman–Crippen MR) is 222 cm³/mol. The van der Waals surface area contributed by atoms with Gasteiger partial charge < -0.3 is 30.7 Å². The van der Waals surface area contributed by atoms with Gasteiger partial charge in [-0.3, -0.25) is 9.59 Å². The molecule has 1 aliphatic heterocycles. The van der Waals surface area contributed by atoms with Gasteiger partial charge in [-0.05, 0) is 83.5 Å². The van der Waals surface area contributed by atoms with Crippen molar-refractivity contribution in [2.24, 2.45) is 17.8 Å². The van der Waals surface area contributed by atoms with E-state index in [4.69, 9.17) is 4.98 Å². The van der Waals surface area contributed by atoms with E-state index in [-0.39, 0.29) is 29.4 Å². The zero-order valence-electron chi connectivity index (χ0n) is 34.5. The van der Waals surface area contributed by atoms with E-state index in [9.17, 15) is 9.59 Å². The number of aromatic nitrogens is 4. The Balaban J connectivity index is 0.000000772. The highest BCUT2D eigenvalue weighted by atomic mass is 19.1. The van der Waals surface area contributed by atoms with Gasteiger partial charge in [0.25, 0.3) is 5.91 Å². The molecule has 54 heavy (non-hydrogen) atoms. The number of para-hydroxylation sites is 1. The number of H-pyrrole nitrogens is 1. The number of halogens is 1. The van der Waals surface area contributed by atoms with Gasteiger partial charge in [0.2, 0.25) is 5.95 Å². The summed E-state index contributed by atoms with van der Waals surface area (Å²) in [5.41, 5.74) is 1.95. The summed E-state index contributed by atoms with van der Waals surface area (Å²) >= 11 is 0. The number of benzene rings is 1. The molecule has 2 atom stereocenters. The summed E-state index contributed by atoms with van der Waals surface area (Å²) in [6, 6.07) is 6.76. The number of carbonyl (C=O) groups is 2. The lowest BCUT2D eigenvalue weighted by Gasteiger charge is -2.35. The van der Waals surface area contributed by atoms with Gasteiger partial charge >= 0.3 is 0 Å². The molecule has 4 N–H and O–H groups in total. The summed E-state index contributed by atoms with van der Waals surface area (Å²) in [5, 5.41) is 9.31. The van der Waals surface area contributed by atoms with Crippen molar-refractivity contribution in [3.63, 3.8) is 0 Å². The summed E-state index contributed by atoms with van der Waals surface area (Å²) in [5.74, 6) is 2.09. The first-order valence-corrected chi connectivity index (χ1v) is 20.4. The van der Waals surface area contributed by atoms with Gasteiger partial charge in [-0.2, -0.15) is 4.98 Å². The van der Waals surface area contributed by atoms with E-state index < -0.39 is 5.91 Å². The third kappa shape index (κ3) is 13.7. The second-order valence-electron chi connectivity index (χ2n) is 15.1. The van der Waals surface area contributed by atoms with Gasteiger partial charge in [-0.25, -0.2) is 14.4 Å². The lowest BCUT2D eigenvalue weighted by Crippen LogP contribution is -2.38. The van der Waals surface area contributed by atoms with E-state index >= 15 is 4.39 Å². The topological polar surface area (TPSA) is 131 Å². The number of unbranched alkanes of at least 4 members (excludes halogenated alkanes) is 3. The molecule has 1 saturated heterocycles. The third-order valence-electron chi connectivity index (χ3n) is 10.4. The van der Waals surface area contributed by atoms with Crippen LogP contribution in [0.3, 0.4) is 0 Å². The zero-order valence-corrected chi connectivity index (χ0v) is 34.5. The van der Waals surface area contributed by atoms with Gasteiger partial charge in [0.15, 0.2) is 5.82 Å². The molecular formula is C42H68FN9O2. The molecule has 3 aromatic rings. The molecule has 0 radical (unpaired) electrons. The van der Waals surface area contributed by atoms with Crippen LogP contribution in [-0.2, 0) is 4.79 Å². The standard InChI is InChI=1S/C33H48FN9O2.C9H20/c1-7-36-19-24-14-16-42(17-15-24)30-25(34)10-9-11-26(30)39-32(45)31-37-20-28(38-31)27-18-29(41-33(35-6)40-27)43(8-2)22(4)13-12-21(3)23(5)44;1-4-5-6-7-8-9(2)3/h9-11,18,20-22,24,36H,7-8,12-17,19H2,1-6H3,(H,37,38)(H,39,45)(H,35,40,41);9H,4-8H2,1-3H3. The average Bonchev–Trinajstić information content (AvgIpc) is 3.66. The SMILES string of the molecule is CCCCCCC(C)C.CCNCC1CCN(c2c(F)cccc2NC(=O)c2ncc(-c3cc(N(CC)C(C)CCC(C)C(C)=O)nc(NC)n3)[nH]2)CC1. The zero-order chi connectivity index (χ0) is 39.6. The normalized spacial score (nSPS) is 14.3. The van der Waals surface area contributed by atoms with Gasteiger partial charge in [-0.15, -0.1) is 0 Å². The van der Waals surface area contributed by atoms with Crippen LogP contribution in [0.4, 0.5) is 27.5 Å². The fraction of sp³-hybridized carbons (Fsp3) is 0.643. The van der Waals surface area contributed by atoms with Crippen molar-refractivity contribution < 1.29 is 14.0 Å². The number of nitrogens with one attached hydrogen (secondary N) is 4. The van der Waals surface area contributed by atoms with E-state index in [0.29, 0.717) is 34.6 Å². The summed E-state index contributed by atoms with van der Waals surface area (Å²) in [6.07, 6.45) is 12.2. The number of hydrogen-bond donors (Lipinski definition) is 4. The summed E-state index contributed by atoms with van der Waals surface area (Å²) in [4.78, 5) is 46.0. The van der Waals surface area contributed by atoms with Crippen LogP contribution in [0.2, 0.25) is 0 Å². The summed E-state index contributed by atoms with van der Waals surface area (Å²) in [6.45, 7) is 20.8. The lowest BCUT2D eigenvalue weighted by atomic mass is 9.96. The minimum absolute atomic E-state index is 0.0123. The number of imidazole rings is 1. The Morgan fingerprint density at radius 3 is 2.39 bits per heavy atom. The van der Waals surface area contributed by atoms with Gasteiger partial charge in [0.05, 0.1) is 29.0 Å². The van der Waals surface area contributed by atoms with Crippen molar-refractivity contribution in [1.82, 2.24) is 25.3 Å². The van der Waals surface area contributed by atoms with Crippen LogP contribution in [0.5, 0.6) is 0 Å². The highest BCUT2D eigenvalue weighted by Gasteiger charge is 2.25. The van der Waals surface area contributed by atoms with Gasteiger partial charge in [0.1, 0.15) is 17.4 Å². The minimum atomic E-state index is -0.471. The Morgan fingerprint density at radius 2 is 1.76 bits per heavy atom. The first-order chi connectivity index (χ1) is 25.9. The second-order valence-corrected chi connectivity index (χ2v) is 15.1. The van der Waals surface area contributed by atoms with Crippen LogP contribution < -0.4 is 25.8 Å². The number of ketones is 1. The molecule has 1 amide bonds. The Morgan fingerprint density at radius 1 is 1.02 bits per heavy atom. The molecule has 0 spiro atoms. The molecule has 0 aliphatic carbocycles. The maximum absolute atomic E-state index is 15.1. The van der Waals surface area contributed by atoms with Crippen LogP contribution >= 0.6 is 0 Å². The number of Topliss-reactive ketones (excluding diaryl/α,β-unsaturated/α-hetero) is 1. The fourth-order valence-electron chi connectivity index (χ4n) is 6.76. The van der Waals surface area contributed by atoms with Gasteiger partial charge in [0, 0.05) is 44.7 Å². The van der Waals surface area contributed by atoms with E-state index in [1.807, 2.05) is 17.9 Å². The van der Waals surface area contributed by atoms with E-state index in [2.05, 4.69) is 77.3 Å². The molecule has 300 valence electrons. The maximum Gasteiger partial charge on any atom is 0.291 e. The van der Waals surface area contributed by atoms with Crippen molar-refractivity contribution in [3.8, 4) is 11.4 Å². The Bertz CT molecular complexity index is 1570. The van der Waals surface area contributed by atoms with Crippen LogP contribution in [0.15, 0.2) is 30.5 Å². The van der Waals surface area contributed by atoms with Crippen molar-refractivity contribution in [2.75, 3.05) is 60.2 Å². The number of carbonyl (C=O) groups excluding carboxylic acids is 2. The number of aromatic amines is 1. The molecule has 0 saturated carbocycles. The smallest absolute Gasteiger partial charge is 0.291 e. The Kier molecular flexibility index (Phi) is 18.9. The number of nitrogens with zero attached hydrogens (tertiary/aromatic N) is 5. The first kappa shape index (κ1) is 44.3. The number of piperidine rings is 1. The summed E-state index contributed by atoms with van der Waals surface area (Å²) in [7, 11) is 1.75. The molecule has 12 heteroatoms. The summed E-state index contributed by atoms with van der Waals surface area (Å²) < 4.78 is 15.1. The molecule has 3 heterocycles. The highest BCUT2D eigenvalue weighted by Crippen LogP contribution is 2.33. The predicted octanol–water partition coefficient (Wildman–Crippen LogP) is 8.96. The fourth-order valence-corrected chi connectivity index (χ4v) is 6.76. The molecule has 11 nitrogen and oxygen atoms in total. The molecule has 2 unspecified atom stereocenters. The van der Waals surface area contributed by atoms with E-state index in [0.717, 1.165) is 70.1 Å². The number of anilines is 4. The number of hydrogen-bond acceptors (Lipinski definition) is 9. The molecule has 0 bridgehead atoms. The van der Waals surface area contributed by atoms with Crippen LogP contribution in [-0.4, -0.2) is 77.4 Å². The van der Waals surface area contributed by atoms with Crippen LogP contribution in [0, 0.1) is 23.6 Å². The quantitative estimate of drug-likeness (QED) is 0.0837. The largest absolute Gasteiger partial charge is 0.367 e. The number of amides is 1. The molecule has 2 aromatic heterocycles. The molecular weight excluding hydrogens is 682 g/mol. The second kappa shape index (κ2) is 23.0. The highest BCUT2D eigenvalue weighted by molar-refractivity contribution is 6.04. The average molecular weight is 750 g/mol. The first-order valence-electron chi connectivity index (χ1n) is 20.4. The lowest BCUT2D eigenvalue weighted by molar-refractivity contribution is -0.120. The van der Waals surface area contributed by atoms with Crippen LogP contribution in [0.1, 0.15) is 124 Å². The molecule has 1 fully saturated rings.